The molecule has 1 aromatic heterocycles. The maximum atomic E-state index is 10.6. The zero-order valence-corrected chi connectivity index (χ0v) is 23.6. The summed E-state index contributed by atoms with van der Waals surface area (Å²) in [5.41, 5.74) is 4.14. The summed E-state index contributed by atoms with van der Waals surface area (Å²) in [5, 5.41) is 11.8. The number of fused-ring (bicyclic) bond motifs is 1. The second kappa shape index (κ2) is 12.2. The molecule has 1 radical (unpaired) electrons. The molecule has 0 unspecified atom stereocenters. The standard InChI is InChI=1S/C19H18N.C10H9BrO2.Ir/c1-19(2,3)16-10-8-15(9-11-16)18-17-7-5-4-6-14(17)12-13-20-18;1-7(12)6-10(13)8-2-4-9(11)5-3-8;/h4-8,10-13H,1-3H3;2-6,13H,1H3;/q-1;;/b;10-6-;. The number of carbonyl (C=O) groups is 1. The van der Waals surface area contributed by atoms with Gasteiger partial charge in [0.1, 0.15) is 5.76 Å². The normalized spacial score (nSPS) is 11.3. The SMILES string of the molecule is CC(=O)/C=C(\O)c1ccc(Br)cc1.CC(C)(C)c1c[c-]c(-c2nccc3ccccc23)cc1.[Ir]. The quantitative estimate of drug-likeness (QED) is 0.135. The van der Waals surface area contributed by atoms with Gasteiger partial charge in [0, 0.05) is 42.4 Å². The van der Waals surface area contributed by atoms with E-state index in [0.29, 0.717) is 5.56 Å². The van der Waals surface area contributed by atoms with Gasteiger partial charge in [0.25, 0.3) is 0 Å². The number of hydrogen-bond donors (Lipinski definition) is 1. The number of aliphatic hydroxyl groups is 1. The fourth-order valence-corrected chi connectivity index (χ4v) is 3.53. The van der Waals surface area contributed by atoms with Gasteiger partial charge in [-0.2, -0.15) is 0 Å². The van der Waals surface area contributed by atoms with Crippen LogP contribution in [0.3, 0.4) is 0 Å². The van der Waals surface area contributed by atoms with Crippen LogP contribution >= 0.6 is 15.9 Å². The Kier molecular flexibility index (Phi) is 9.93. The van der Waals surface area contributed by atoms with Crippen LogP contribution in [0.1, 0.15) is 38.8 Å². The summed E-state index contributed by atoms with van der Waals surface area (Å²) < 4.78 is 0.937. The molecule has 0 aliphatic carbocycles. The number of halogens is 1. The maximum Gasteiger partial charge on any atom is 0.156 e. The molecule has 4 aromatic rings. The molecule has 0 spiro atoms. The minimum absolute atomic E-state index is 0. The Morgan fingerprint density at radius 3 is 2.26 bits per heavy atom. The molecule has 0 fully saturated rings. The van der Waals surface area contributed by atoms with Crippen LogP contribution in [0.2, 0.25) is 0 Å². The first-order chi connectivity index (χ1) is 15.6. The molecule has 1 N–H and O–H groups in total. The van der Waals surface area contributed by atoms with Crippen LogP contribution in [0.4, 0.5) is 0 Å². The average molecular weight is 694 g/mol. The number of aromatic nitrogens is 1. The predicted molar refractivity (Wildman–Crippen MR) is 140 cm³/mol. The molecule has 0 atom stereocenters. The molecule has 177 valence electrons. The van der Waals surface area contributed by atoms with Gasteiger partial charge in [-0.3, -0.25) is 4.79 Å². The zero-order valence-electron chi connectivity index (χ0n) is 19.6. The van der Waals surface area contributed by atoms with E-state index in [1.165, 1.54) is 29.3 Å². The number of aliphatic hydroxyl groups excluding tert-OH is 1. The van der Waals surface area contributed by atoms with Gasteiger partial charge in [-0.15, -0.1) is 35.4 Å². The van der Waals surface area contributed by atoms with Crippen LogP contribution in [0.5, 0.6) is 0 Å². The third-order valence-electron chi connectivity index (χ3n) is 5.09. The second-order valence-corrected chi connectivity index (χ2v) is 9.68. The summed E-state index contributed by atoms with van der Waals surface area (Å²) in [6, 6.07) is 27.2. The van der Waals surface area contributed by atoms with Gasteiger partial charge in [0.2, 0.25) is 0 Å². The van der Waals surface area contributed by atoms with Gasteiger partial charge in [0.15, 0.2) is 5.78 Å². The molecule has 34 heavy (non-hydrogen) atoms. The van der Waals surface area contributed by atoms with E-state index in [9.17, 15) is 9.90 Å². The van der Waals surface area contributed by atoms with Crippen LogP contribution in [-0.4, -0.2) is 15.9 Å². The first-order valence-corrected chi connectivity index (χ1v) is 11.5. The molecule has 0 saturated carbocycles. The van der Waals surface area contributed by atoms with Crippen molar-refractivity contribution in [1.82, 2.24) is 4.98 Å². The molecular formula is C29H27BrIrNO2-. The second-order valence-electron chi connectivity index (χ2n) is 8.77. The summed E-state index contributed by atoms with van der Waals surface area (Å²) >= 11 is 3.28. The molecule has 0 saturated heterocycles. The third kappa shape index (κ3) is 7.46. The summed E-state index contributed by atoms with van der Waals surface area (Å²) in [6.07, 6.45) is 3.06. The van der Waals surface area contributed by atoms with Crippen LogP contribution in [0.15, 0.2) is 89.5 Å². The van der Waals surface area contributed by atoms with Crippen molar-refractivity contribution in [3.8, 4) is 11.3 Å². The van der Waals surface area contributed by atoms with E-state index >= 15 is 0 Å². The molecular weight excluding hydrogens is 666 g/mol. The fraction of sp³-hybridized carbons (Fsp3) is 0.172. The van der Waals surface area contributed by atoms with Crippen molar-refractivity contribution in [3.63, 3.8) is 0 Å². The van der Waals surface area contributed by atoms with Crippen molar-refractivity contribution in [1.29, 1.82) is 0 Å². The minimum atomic E-state index is -0.166. The number of hydrogen-bond acceptors (Lipinski definition) is 3. The van der Waals surface area contributed by atoms with Crippen molar-refractivity contribution < 1.29 is 30.0 Å². The van der Waals surface area contributed by atoms with Gasteiger partial charge >= 0.3 is 0 Å². The van der Waals surface area contributed by atoms with E-state index in [4.69, 9.17) is 0 Å². The van der Waals surface area contributed by atoms with E-state index in [0.717, 1.165) is 15.7 Å². The fourth-order valence-electron chi connectivity index (χ4n) is 3.27. The van der Waals surface area contributed by atoms with Gasteiger partial charge in [-0.1, -0.05) is 73.1 Å². The molecule has 0 amide bonds. The van der Waals surface area contributed by atoms with Crippen molar-refractivity contribution in [2.45, 2.75) is 33.1 Å². The first kappa shape index (κ1) is 27.7. The summed E-state index contributed by atoms with van der Waals surface area (Å²) in [6.45, 7) is 8.04. The van der Waals surface area contributed by atoms with Gasteiger partial charge < -0.3 is 10.1 Å². The number of allylic oxidation sites excluding steroid dienone is 1. The Labute approximate surface area is 223 Å². The summed E-state index contributed by atoms with van der Waals surface area (Å²) in [5.74, 6) is -0.166. The van der Waals surface area contributed by atoms with Gasteiger partial charge in [-0.25, -0.2) is 0 Å². The number of nitrogens with zero attached hydrogens (tertiary/aromatic N) is 1. The van der Waals surface area contributed by atoms with Gasteiger partial charge in [-0.05, 0) is 47.0 Å². The van der Waals surface area contributed by atoms with Crippen LogP contribution in [-0.2, 0) is 30.3 Å². The first-order valence-electron chi connectivity index (χ1n) is 10.7. The molecule has 4 rings (SSSR count). The molecule has 3 aromatic carbocycles. The largest absolute Gasteiger partial charge is 0.507 e. The van der Waals surface area contributed by atoms with E-state index in [1.54, 1.807) is 24.3 Å². The molecule has 0 bridgehead atoms. The van der Waals surface area contributed by atoms with E-state index in [2.05, 4.69) is 90.2 Å². The smallest absolute Gasteiger partial charge is 0.156 e. The monoisotopic (exact) mass is 693 g/mol. The van der Waals surface area contributed by atoms with E-state index in [1.807, 2.05) is 12.3 Å². The topological polar surface area (TPSA) is 50.2 Å². The number of ketones is 1. The van der Waals surface area contributed by atoms with Gasteiger partial charge in [0.05, 0.1) is 0 Å². The Morgan fingerprint density at radius 1 is 1.00 bits per heavy atom. The Balaban J connectivity index is 0.000000256. The van der Waals surface area contributed by atoms with Crippen LogP contribution in [0, 0.1) is 6.07 Å². The minimum Gasteiger partial charge on any atom is -0.507 e. The zero-order chi connectivity index (χ0) is 24.0. The van der Waals surface area contributed by atoms with Crippen LogP contribution in [0.25, 0.3) is 27.8 Å². The van der Waals surface area contributed by atoms with Crippen LogP contribution < -0.4 is 0 Å². The number of benzene rings is 3. The van der Waals surface area contributed by atoms with Crippen molar-refractivity contribution in [2.75, 3.05) is 0 Å². The van der Waals surface area contributed by atoms with E-state index < -0.39 is 0 Å². The predicted octanol–water partition coefficient (Wildman–Crippen LogP) is 7.93. The summed E-state index contributed by atoms with van der Waals surface area (Å²) in [7, 11) is 0. The molecule has 0 aliphatic rings. The Hall–Kier alpha value is -2.59. The average Bonchev–Trinajstić information content (AvgIpc) is 2.78. The number of pyridine rings is 1. The third-order valence-corrected chi connectivity index (χ3v) is 5.62. The Bertz CT molecular complexity index is 1270. The van der Waals surface area contributed by atoms with E-state index in [-0.39, 0.29) is 37.1 Å². The van der Waals surface area contributed by atoms with Crippen molar-refractivity contribution in [2.24, 2.45) is 0 Å². The summed E-state index contributed by atoms with van der Waals surface area (Å²) in [4.78, 5) is 15.2. The number of carbonyl (C=O) groups excluding carboxylic acids is 1. The van der Waals surface area contributed by atoms with Crippen molar-refractivity contribution >= 4 is 38.2 Å². The maximum absolute atomic E-state index is 10.6. The molecule has 3 nitrogen and oxygen atoms in total. The molecule has 0 aliphatic heterocycles. The Morgan fingerprint density at radius 2 is 1.68 bits per heavy atom. The molecule has 5 heteroatoms. The number of rotatable bonds is 3. The van der Waals surface area contributed by atoms with Crippen molar-refractivity contribution in [3.05, 3.63) is 107 Å². The molecule has 1 heterocycles.